The lowest BCUT2D eigenvalue weighted by molar-refractivity contribution is 0.198. The highest BCUT2D eigenvalue weighted by Gasteiger charge is 2.23. The van der Waals surface area contributed by atoms with Crippen LogP contribution in [0.2, 0.25) is 0 Å². The van der Waals surface area contributed by atoms with E-state index in [9.17, 15) is 0 Å². The second kappa shape index (κ2) is 7.61. The molecule has 4 rings (SSSR count). The molecule has 1 N–H and O–H groups in total. The van der Waals surface area contributed by atoms with Crippen LogP contribution in [0.15, 0.2) is 35.5 Å². The van der Waals surface area contributed by atoms with Crippen LogP contribution in [0.5, 0.6) is 0 Å². The third kappa shape index (κ3) is 3.88. The fourth-order valence-electron chi connectivity index (χ4n) is 3.47. The molecule has 0 amide bonds. The van der Waals surface area contributed by atoms with E-state index in [0.717, 1.165) is 47.5 Å². The number of thiazole rings is 1. The molecule has 1 aliphatic rings. The lowest BCUT2D eigenvalue weighted by atomic mass is 10.1. The third-order valence-electron chi connectivity index (χ3n) is 5.11. The average molecular weight is 401 g/mol. The molecule has 0 saturated carbocycles. The Morgan fingerprint density at radius 2 is 1.85 bits per heavy atom. The summed E-state index contributed by atoms with van der Waals surface area (Å²) >= 11 is 1.75. The molecule has 2 aromatic heterocycles. The molecule has 0 spiro atoms. The van der Waals surface area contributed by atoms with Crippen molar-refractivity contribution in [3.8, 4) is 0 Å². The van der Waals surface area contributed by atoms with Gasteiger partial charge in [0.2, 0.25) is 5.95 Å². The molecule has 0 aliphatic carbocycles. The molecule has 2 atom stereocenters. The van der Waals surface area contributed by atoms with Gasteiger partial charge in [-0.05, 0) is 37.8 Å². The van der Waals surface area contributed by atoms with Gasteiger partial charge in [0.05, 0.1) is 20.1 Å². The minimum absolute atomic E-state index is 0.368. The maximum Gasteiger partial charge on any atom is 0.225 e. The largest absolute Gasteiger partial charge is 0.338 e. The van der Waals surface area contributed by atoms with Crippen molar-refractivity contribution in [1.29, 1.82) is 4.78 Å². The van der Waals surface area contributed by atoms with Crippen LogP contribution < -0.4 is 4.90 Å². The zero-order valence-electron chi connectivity index (χ0n) is 15.8. The second-order valence-electron chi connectivity index (χ2n) is 6.89. The Hall–Kier alpha value is -1.90. The molecule has 3 aromatic rings. The van der Waals surface area contributed by atoms with Gasteiger partial charge in [-0.2, -0.15) is 0 Å². The van der Waals surface area contributed by atoms with Crippen LogP contribution in [0.3, 0.4) is 0 Å². The topological polar surface area (TPSA) is 69.0 Å². The minimum atomic E-state index is -0.540. The summed E-state index contributed by atoms with van der Waals surface area (Å²) in [6.07, 6.45) is 5.44. The summed E-state index contributed by atoms with van der Waals surface area (Å²) in [4.78, 5) is 19.2. The lowest BCUT2D eigenvalue weighted by Gasteiger charge is -2.38. The number of benzene rings is 1. The van der Waals surface area contributed by atoms with E-state index < -0.39 is 10.7 Å². The highest BCUT2D eigenvalue weighted by atomic mass is 32.2. The van der Waals surface area contributed by atoms with Crippen molar-refractivity contribution in [3.05, 3.63) is 41.2 Å². The van der Waals surface area contributed by atoms with Gasteiger partial charge in [0.1, 0.15) is 0 Å². The highest BCUT2D eigenvalue weighted by Crippen LogP contribution is 2.28. The molecule has 1 aromatic carbocycles. The fraction of sp³-hybridized carbons (Fsp3) is 0.421. The number of fused-ring (bicyclic) bond motifs is 1. The molecular weight excluding hydrogens is 376 g/mol. The number of anilines is 1. The zero-order chi connectivity index (χ0) is 19.0. The number of hydrogen-bond acceptors (Lipinski definition) is 7. The van der Waals surface area contributed by atoms with E-state index in [1.807, 2.05) is 6.26 Å². The molecule has 1 saturated heterocycles. The molecule has 6 nitrogen and oxygen atoms in total. The van der Waals surface area contributed by atoms with E-state index in [0.29, 0.717) is 6.04 Å². The van der Waals surface area contributed by atoms with E-state index in [2.05, 4.69) is 56.8 Å². The summed E-state index contributed by atoms with van der Waals surface area (Å²) in [6, 6.07) is 7.04. The van der Waals surface area contributed by atoms with Crippen molar-refractivity contribution in [1.82, 2.24) is 19.9 Å². The van der Waals surface area contributed by atoms with Gasteiger partial charge in [-0.3, -0.25) is 9.68 Å². The quantitative estimate of drug-likeness (QED) is 0.724. The van der Waals surface area contributed by atoms with Gasteiger partial charge in [-0.1, -0.05) is 16.8 Å². The first-order chi connectivity index (χ1) is 13.0. The summed E-state index contributed by atoms with van der Waals surface area (Å²) < 4.78 is 9.02. The van der Waals surface area contributed by atoms with Crippen LogP contribution in [0.25, 0.3) is 10.2 Å². The molecule has 8 heteroatoms. The Morgan fingerprint density at radius 1 is 1.15 bits per heavy atom. The van der Waals surface area contributed by atoms with Crippen molar-refractivity contribution in [2.75, 3.05) is 37.3 Å². The van der Waals surface area contributed by atoms with Crippen LogP contribution in [0, 0.1) is 11.7 Å². The third-order valence-corrected chi connectivity index (χ3v) is 6.98. The standard InChI is InChI=1S/C19H24N6S2/c1-13(15-4-5-18-17(10-15)23-14(2)26-18)24-6-8-25(9-7-24)19-21-11-16(12-22-19)27(3)20/h4-5,10-13,20H,6-9H2,1-3H3. The number of rotatable bonds is 4. The molecule has 0 bridgehead atoms. The Balaban J connectivity index is 1.42. The van der Waals surface area contributed by atoms with Crippen LogP contribution in [0.1, 0.15) is 23.5 Å². The molecule has 27 heavy (non-hydrogen) atoms. The van der Waals surface area contributed by atoms with Crippen molar-refractivity contribution >= 4 is 38.2 Å². The Bertz CT molecular complexity index is 960. The van der Waals surface area contributed by atoms with Gasteiger partial charge in [-0.25, -0.2) is 15.0 Å². The van der Waals surface area contributed by atoms with Crippen molar-refractivity contribution < 1.29 is 0 Å². The number of nitrogens with one attached hydrogen (secondary N) is 1. The SMILES string of the molecule is Cc1nc2cc(C(C)N3CCN(c4ncc(S(C)=N)cn4)CC3)ccc2s1. The molecule has 2 unspecified atom stereocenters. The first-order valence-corrected chi connectivity index (χ1v) is 11.5. The highest BCUT2D eigenvalue weighted by molar-refractivity contribution is 7.85. The summed E-state index contributed by atoms with van der Waals surface area (Å²) in [5, 5.41) is 1.12. The smallest absolute Gasteiger partial charge is 0.225 e. The van der Waals surface area contributed by atoms with Crippen molar-refractivity contribution in [2.45, 2.75) is 24.8 Å². The lowest BCUT2D eigenvalue weighted by Crippen LogP contribution is -2.47. The molecule has 3 heterocycles. The number of aryl methyl sites for hydroxylation is 1. The second-order valence-corrected chi connectivity index (χ2v) is 9.61. The maximum atomic E-state index is 7.76. The van der Waals surface area contributed by atoms with E-state index in [4.69, 9.17) is 4.78 Å². The molecule has 1 aliphatic heterocycles. The van der Waals surface area contributed by atoms with Gasteiger partial charge in [-0.15, -0.1) is 11.3 Å². The number of hydrogen-bond donors (Lipinski definition) is 1. The van der Waals surface area contributed by atoms with Gasteiger partial charge in [0.15, 0.2) is 0 Å². The van der Waals surface area contributed by atoms with Crippen molar-refractivity contribution in [3.63, 3.8) is 0 Å². The maximum absolute atomic E-state index is 7.76. The molecule has 0 radical (unpaired) electrons. The van der Waals surface area contributed by atoms with Gasteiger partial charge < -0.3 is 4.90 Å². The van der Waals surface area contributed by atoms with Crippen LogP contribution in [-0.4, -0.2) is 52.3 Å². The first kappa shape index (κ1) is 18.5. The molecular formula is C19H24N6S2. The van der Waals surface area contributed by atoms with Gasteiger partial charge in [0, 0.05) is 44.6 Å². The number of aromatic nitrogens is 3. The first-order valence-electron chi connectivity index (χ1n) is 9.06. The van der Waals surface area contributed by atoms with Crippen LogP contribution in [-0.2, 0) is 10.7 Å². The fourth-order valence-corrected chi connectivity index (χ4v) is 4.70. The van der Waals surface area contributed by atoms with E-state index >= 15 is 0 Å². The number of piperazine rings is 1. The summed E-state index contributed by atoms with van der Waals surface area (Å²) in [7, 11) is -0.540. The van der Waals surface area contributed by atoms with E-state index in [-0.39, 0.29) is 0 Å². The predicted molar refractivity (Wildman–Crippen MR) is 113 cm³/mol. The summed E-state index contributed by atoms with van der Waals surface area (Å²) in [6.45, 7) is 8.14. The van der Waals surface area contributed by atoms with Crippen LogP contribution >= 0.6 is 11.3 Å². The van der Waals surface area contributed by atoms with Crippen LogP contribution in [0.4, 0.5) is 5.95 Å². The normalized spacial score (nSPS) is 18.0. The van der Waals surface area contributed by atoms with E-state index in [1.54, 1.807) is 23.7 Å². The Labute approximate surface area is 166 Å². The zero-order valence-corrected chi connectivity index (χ0v) is 17.5. The molecule has 142 valence electrons. The minimum Gasteiger partial charge on any atom is -0.338 e. The monoisotopic (exact) mass is 400 g/mol. The van der Waals surface area contributed by atoms with Gasteiger partial charge in [0.25, 0.3) is 0 Å². The Kier molecular flexibility index (Phi) is 5.21. The average Bonchev–Trinajstić information content (AvgIpc) is 3.07. The predicted octanol–water partition coefficient (Wildman–Crippen LogP) is 3.65. The summed E-state index contributed by atoms with van der Waals surface area (Å²) in [5.74, 6) is 0.774. The Morgan fingerprint density at radius 3 is 2.52 bits per heavy atom. The number of nitrogens with zero attached hydrogens (tertiary/aromatic N) is 5. The molecule has 1 fully saturated rings. The van der Waals surface area contributed by atoms with E-state index in [1.165, 1.54) is 10.3 Å². The summed E-state index contributed by atoms with van der Waals surface area (Å²) in [5.41, 5.74) is 2.44. The van der Waals surface area contributed by atoms with Gasteiger partial charge >= 0.3 is 0 Å². The van der Waals surface area contributed by atoms with Crippen molar-refractivity contribution in [2.24, 2.45) is 0 Å².